The summed E-state index contributed by atoms with van der Waals surface area (Å²) in [6, 6.07) is 25.2. The number of cyclic esters (lactones) is 1. The van der Waals surface area contributed by atoms with Crippen LogP contribution in [0.3, 0.4) is 0 Å². The number of rotatable bonds is 11. The molecule has 1 aliphatic heterocycles. The first kappa shape index (κ1) is 32.8. The topological polar surface area (TPSA) is 91.1 Å². The fourth-order valence-electron chi connectivity index (χ4n) is 5.87. The van der Waals surface area contributed by atoms with Crippen LogP contribution < -0.4 is 4.74 Å². The summed E-state index contributed by atoms with van der Waals surface area (Å²) in [6.07, 6.45) is -4.91. The van der Waals surface area contributed by atoms with E-state index in [4.69, 9.17) is 18.6 Å². The molecule has 11 heteroatoms. The second-order valence-corrected chi connectivity index (χ2v) is 11.5. The predicted octanol–water partition coefficient (Wildman–Crippen LogP) is 7.59. The number of carbonyl (C=O) groups excluding carboxylic acids is 2. The van der Waals surface area contributed by atoms with Gasteiger partial charge in [0, 0.05) is 30.9 Å². The molecule has 48 heavy (non-hydrogen) atoms. The first-order valence-electron chi connectivity index (χ1n) is 15.5. The quantitative estimate of drug-likeness (QED) is 0.144. The minimum absolute atomic E-state index is 0.120. The number of amides is 2. The van der Waals surface area contributed by atoms with E-state index < -0.39 is 35.9 Å². The third-order valence-electron chi connectivity index (χ3n) is 8.40. The van der Waals surface area contributed by atoms with Gasteiger partial charge in [0.2, 0.25) is 5.89 Å². The Kier molecular flexibility index (Phi) is 9.49. The molecule has 0 saturated carbocycles. The molecule has 8 nitrogen and oxygen atoms in total. The third kappa shape index (κ3) is 7.06. The van der Waals surface area contributed by atoms with Crippen molar-refractivity contribution >= 4 is 22.8 Å². The van der Waals surface area contributed by atoms with Crippen molar-refractivity contribution in [1.29, 1.82) is 0 Å². The maximum atomic E-state index is 13.7. The largest absolute Gasteiger partial charge is 0.493 e. The summed E-state index contributed by atoms with van der Waals surface area (Å²) in [5.41, 5.74) is 2.18. The summed E-state index contributed by atoms with van der Waals surface area (Å²) in [5.74, 6) is 0.965. The number of hydrogen-bond donors (Lipinski definition) is 0. The first-order chi connectivity index (χ1) is 23.1. The van der Waals surface area contributed by atoms with Gasteiger partial charge in [-0.15, -0.1) is 0 Å². The fourth-order valence-corrected chi connectivity index (χ4v) is 5.87. The van der Waals surface area contributed by atoms with Crippen molar-refractivity contribution in [3.63, 3.8) is 0 Å². The molecular formula is C37H33F3N2O6. The number of hydrogen-bond acceptors (Lipinski definition) is 7. The number of aryl methyl sites for hydroxylation is 1. The van der Waals surface area contributed by atoms with Gasteiger partial charge in [-0.1, -0.05) is 60.7 Å². The zero-order chi connectivity index (χ0) is 33.8. The Bertz CT molecular complexity index is 1910. The van der Waals surface area contributed by atoms with Crippen molar-refractivity contribution < 1.29 is 41.4 Å². The molecule has 0 radical (unpaired) electrons. The molecule has 2 unspecified atom stereocenters. The number of nitrogens with zero attached hydrogens (tertiary/aromatic N) is 2. The number of alkyl halides is 3. The Morgan fingerprint density at radius 3 is 2.40 bits per heavy atom. The van der Waals surface area contributed by atoms with Gasteiger partial charge in [0.05, 0.1) is 23.9 Å². The number of methoxy groups -OCH3 is 1. The highest BCUT2D eigenvalue weighted by Crippen LogP contribution is 2.33. The number of oxazole rings is 1. The van der Waals surface area contributed by atoms with Crippen LogP contribution in [0.1, 0.15) is 28.1 Å². The number of halogens is 3. The summed E-state index contributed by atoms with van der Waals surface area (Å²) in [4.78, 5) is 32.0. The Morgan fingerprint density at radius 1 is 0.979 bits per heavy atom. The predicted molar refractivity (Wildman–Crippen MR) is 171 cm³/mol. The molecule has 248 valence electrons. The molecule has 0 spiro atoms. The summed E-state index contributed by atoms with van der Waals surface area (Å²) >= 11 is 0. The molecule has 1 aliphatic rings. The molecule has 0 N–H and O–H groups in total. The summed E-state index contributed by atoms with van der Waals surface area (Å²) in [7, 11) is 1.45. The second-order valence-electron chi connectivity index (χ2n) is 11.5. The van der Waals surface area contributed by atoms with Crippen molar-refractivity contribution in [3.05, 3.63) is 119 Å². The van der Waals surface area contributed by atoms with Gasteiger partial charge in [-0.05, 0) is 60.2 Å². The molecule has 5 aromatic rings. The molecule has 1 fully saturated rings. The number of fused-ring (bicyclic) bond motifs is 1. The molecular weight excluding hydrogens is 625 g/mol. The normalized spacial score (nSPS) is 15.5. The molecule has 6 rings (SSSR count). The van der Waals surface area contributed by atoms with Crippen LogP contribution in [0.4, 0.5) is 18.0 Å². The lowest BCUT2D eigenvalue weighted by Gasteiger charge is -2.24. The van der Waals surface area contributed by atoms with E-state index >= 15 is 0 Å². The van der Waals surface area contributed by atoms with Crippen molar-refractivity contribution in [2.75, 3.05) is 20.3 Å². The lowest BCUT2D eigenvalue weighted by molar-refractivity contribution is -0.140. The second kappa shape index (κ2) is 13.9. The van der Waals surface area contributed by atoms with Crippen molar-refractivity contribution in [2.45, 2.75) is 44.5 Å². The fraction of sp³-hybridized carbons (Fsp3) is 0.270. The lowest BCUT2D eigenvalue weighted by Crippen LogP contribution is -2.47. The third-order valence-corrected chi connectivity index (χ3v) is 8.40. The average molecular weight is 659 g/mol. The monoisotopic (exact) mass is 658 g/mol. The SMILES string of the molecule is COC(Cc1ccc(OCCc2nc(-c3ccc(C(F)(F)F)cc3)oc2C)c2ccccc12)C(=O)N1C(=O)OCC1Cc1ccccc1. The van der Waals surface area contributed by atoms with Gasteiger partial charge in [0.25, 0.3) is 5.91 Å². The lowest BCUT2D eigenvalue weighted by atomic mass is 9.98. The van der Waals surface area contributed by atoms with Crippen LogP contribution in [0.15, 0.2) is 95.4 Å². The standard InChI is InChI=1S/C37H33F3N2O6/c1-23-31(41-34(48-23)25-12-15-27(16-13-25)37(38,39)40)18-19-46-32-17-14-26(29-10-6-7-11-30(29)32)21-33(45-2)35(43)42-28(22-47-36(42)44)20-24-8-4-3-5-9-24/h3-17,28,33H,18-22H2,1-2H3. The Balaban J connectivity index is 1.13. The van der Waals surface area contributed by atoms with Crippen LogP contribution in [0.5, 0.6) is 5.75 Å². The highest BCUT2D eigenvalue weighted by molar-refractivity contribution is 5.97. The van der Waals surface area contributed by atoms with E-state index in [9.17, 15) is 22.8 Å². The van der Waals surface area contributed by atoms with E-state index in [1.165, 1.54) is 24.1 Å². The van der Waals surface area contributed by atoms with Crippen LogP contribution in [-0.2, 0) is 39.7 Å². The first-order valence-corrected chi connectivity index (χ1v) is 15.5. The molecule has 1 aromatic heterocycles. The van der Waals surface area contributed by atoms with Gasteiger partial charge in [-0.2, -0.15) is 13.2 Å². The van der Waals surface area contributed by atoms with Crippen LogP contribution in [0, 0.1) is 6.92 Å². The number of imide groups is 1. The number of carbonyl (C=O) groups is 2. The molecule has 2 atom stereocenters. The average Bonchev–Trinajstić information content (AvgIpc) is 3.64. The highest BCUT2D eigenvalue weighted by Gasteiger charge is 2.41. The minimum atomic E-state index is -4.42. The number of aromatic nitrogens is 1. The molecule has 0 aliphatic carbocycles. The zero-order valence-electron chi connectivity index (χ0n) is 26.3. The zero-order valence-corrected chi connectivity index (χ0v) is 26.3. The van der Waals surface area contributed by atoms with E-state index in [1.54, 1.807) is 6.92 Å². The van der Waals surface area contributed by atoms with Gasteiger partial charge < -0.3 is 18.6 Å². The van der Waals surface area contributed by atoms with Crippen LogP contribution in [0.2, 0.25) is 0 Å². The van der Waals surface area contributed by atoms with Gasteiger partial charge in [-0.3, -0.25) is 4.79 Å². The molecule has 0 bridgehead atoms. The summed E-state index contributed by atoms with van der Waals surface area (Å²) in [6.45, 7) is 2.14. The molecule has 1 saturated heterocycles. The highest BCUT2D eigenvalue weighted by atomic mass is 19.4. The Labute approximate surface area is 275 Å². The van der Waals surface area contributed by atoms with Crippen molar-refractivity contribution in [1.82, 2.24) is 9.88 Å². The maximum Gasteiger partial charge on any atom is 0.417 e. The molecule has 2 amide bonds. The van der Waals surface area contributed by atoms with E-state index in [0.29, 0.717) is 35.6 Å². The van der Waals surface area contributed by atoms with Gasteiger partial charge in [0.1, 0.15) is 24.2 Å². The van der Waals surface area contributed by atoms with Gasteiger partial charge in [0.15, 0.2) is 0 Å². The summed E-state index contributed by atoms with van der Waals surface area (Å²) in [5, 5.41) is 1.71. The number of ether oxygens (including phenoxy) is 3. The van der Waals surface area contributed by atoms with Gasteiger partial charge >= 0.3 is 12.3 Å². The molecule has 4 aromatic carbocycles. The minimum Gasteiger partial charge on any atom is -0.493 e. The maximum absolute atomic E-state index is 13.7. The number of benzene rings is 4. The van der Waals surface area contributed by atoms with Crippen LogP contribution in [0.25, 0.3) is 22.2 Å². The van der Waals surface area contributed by atoms with Crippen molar-refractivity contribution in [2.24, 2.45) is 0 Å². The molecule has 2 heterocycles. The van der Waals surface area contributed by atoms with E-state index in [1.807, 2.05) is 66.7 Å². The Hall–Kier alpha value is -5.16. The van der Waals surface area contributed by atoms with E-state index in [0.717, 1.165) is 34.0 Å². The van der Waals surface area contributed by atoms with E-state index in [2.05, 4.69) is 4.98 Å². The van der Waals surface area contributed by atoms with Crippen molar-refractivity contribution in [3.8, 4) is 17.2 Å². The van der Waals surface area contributed by atoms with Crippen LogP contribution in [-0.4, -0.2) is 54.4 Å². The van der Waals surface area contributed by atoms with E-state index in [-0.39, 0.29) is 25.5 Å². The van der Waals surface area contributed by atoms with Gasteiger partial charge in [-0.25, -0.2) is 14.7 Å². The smallest absolute Gasteiger partial charge is 0.417 e. The van der Waals surface area contributed by atoms with Crippen LogP contribution >= 0.6 is 0 Å². The Morgan fingerprint density at radius 2 is 1.69 bits per heavy atom. The summed E-state index contributed by atoms with van der Waals surface area (Å²) < 4.78 is 61.7.